The van der Waals surface area contributed by atoms with E-state index in [1.807, 2.05) is 11.8 Å². The lowest BCUT2D eigenvalue weighted by atomic mass is 10.3. The molecule has 1 rings (SSSR count). The molecule has 0 aromatic carbocycles. The second-order valence-electron chi connectivity index (χ2n) is 3.37. The summed E-state index contributed by atoms with van der Waals surface area (Å²) in [6.45, 7) is 1.46. The van der Waals surface area contributed by atoms with Gasteiger partial charge in [-0.2, -0.15) is 11.8 Å². The molecule has 1 heterocycles. The SMILES string of the molecule is CSCCCCNCc1ccc([N+](=O)[O-])o1. The lowest BCUT2D eigenvalue weighted by molar-refractivity contribution is -0.402. The minimum atomic E-state index is -0.526. The van der Waals surface area contributed by atoms with Crippen molar-refractivity contribution in [3.63, 3.8) is 0 Å². The van der Waals surface area contributed by atoms with Crippen molar-refractivity contribution in [2.45, 2.75) is 19.4 Å². The Hall–Kier alpha value is -1.01. The predicted molar refractivity (Wildman–Crippen MR) is 64.7 cm³/mol. The highest BCUT2D eigenvalue weighted by Crippen LogP contribution is 2.15. The highest BCUT2D eigenvalue weighted by atomic mass is 32.2. The number of unbranched alkanes of at least 4 members (excludes halogenated alkanes) is 1. The normalized spacial score (nSPS) is 10.6. The van der Waals surface area contributed by atoms with E-state index >= 15 is 0 Å². The fraction of sp³-hybridized carbons (Fsp3) is 0.600. The van der Waals surface area contributed by atoms with Crippen LogP contribution in [0.2, 0.25) is 0 Å². The molecule has 0 atom stereocenters. The van der Waals surface area contributed by atoms with E-state index in [0.29, 0.717) is 12.3 Å². The quantitative estimate of drug-likeness (QED) is 0.432. The molecule has 0 fully saturated rings. The van der Waals surface area contributed by atoms with E-state index in [9.17, 15) is 10.1 Å². The van der Waals surface area contributed by atoms with Crippen LogP contribution < -0.4 is 5.32 Å². The molecule has 0 spiro atoms. The topological polar surface area (TPSA) is 68.3 Å². The van der Waals surface area contributed by atoms with Crippen molar-refractivity contribution in [1.82, 2.24) is 5.32 Å². The Morgan fingerprint density at radius 1 is 1.50 bits per heavy atom. The first-order valence-corrected chi connectivity index (χ1v) is 6.56. The van der Waals surface area contributed by atoms with Gasteiger partial charge in [-0.3, -0.25) is 10.1 Å². The standard InChI is InChI=1S/C10H16N2O3S/c1-16-7-3-2-6-11-8-9-4-5-10(15-9)12(13)14/h4-5,11H,2-3,6-8H2,1H3. The van der Waals surface area contributed by atoms with Gasteiger partial charge in [0.1, 0.15) is 10.7 Å². The third-order valence-electron chi connectivity index (χ3n) is 2.08. The van der Waals surface area contributed by atoms with Crippen molar-refractivity contribution in [2.24, 2.45) is 0 Å². The molecule has 0 saturated carbocycles. The average Bonchev–Trinajstić information content (AvgIpc) is 2.72. The van der Waals surface area contributed by atoms with E-state index in [1.165, 1.54) is 18.2 Å². The van der Waals surface area contributed by atoms with Gasteiger partial charge in [-0.15, -0.1) is 0 Å². The molecule has 0 radical (unpaired) electrons. The van der Waals surface area contributed by atoms with Gasteiger partial charge in [-0.25, -0.2) is 0 Å². The minimum Gasteiger partial charge on any atom is -0.404 e. The van der Waals surface area contributed by atoms with Crippen LogP contribution in [0.4, 0.5) is 5.88 Å². The number of thioether (sulfide) groups is 1. The maximum absolute atomic E-state index is 10.4. The van der Waals surface area contributed by atoms with E-state index in [4.69, 9.17) is 4.42 Å². The zero-order valence-corrected chi connectivity index (χ0v) is 10.1. The summed E-state index contributed by atoms with van der Waals surface area (Å²) in [6, 6.07) is 3.01. The lowest BCUT2D eigenvalue weighted by Gasteiger charge is -2.01. The van der Waals surface area contributed by atoms with Crippen LogP contribution in [0.3, 0.4) is 0 Å². The molecule has 0 aliphatic carbocycles. The number of rotatable bonds is 8. The van der Waals surface area contributed by atoms with Gasteiger partial charge in [0.25, 0.3) is 0 Å². The highest BCUT2D eigenvalue weighted by molar-refractivity contribution is 7.98. The van der Waals surface area contributed by atoms with Gasteiger partial charge in [0.15, 0.2) is 0 Å². The largest absolute Gasteiger partial charge is 0.433 e. The molecule has 5 nitrogen and oxygen atoms in total. The summed E-state index contributed by atoms with van der Waals surface area (Å²) in [6.07, 6.45) is 4.39. The maximum atomic E-state index is 10.4. The molecule has 1 N–H and O–H groups in total. The van der Waals surface area contributed by atoms with Gasteiger partial charge >= 0.3 is 5.88 Å². The molecule has 1 aromatic heterocycles. The summed E-state index contributed by atoms with van der Waals surface area (Å²) in [5.41, 5.74) is 0. The second-order valence-corrected chi connectivity index (χ2v) is 4.36. The van der Waals surface area contributed by atoms with Gasteiger partial charge < -0.3 is 9.73 Å². The molecule has 0 aliphatic heterocycles. The highest BCUT2D eigenvalue weighted by Gasteiger charge is 2.10. The number of hydrogen-bond donors (Lipinski definition) is 1. The van der Waals surface area contributed by atoms with Gasteiger partial charge in [-0.1, -0.05) is 0 Å². The third kappa shape index (κ3) is 4.67. The number of hydrogen-bond acceptors (Lipinski definition) is 5. The summed E-state index contributed by atoms with van der Waals surface area (Å²) in [5, 5.41) is 13.5. The summed E-state index contributed by atoms with van der Waals surface area (Å²) >= 11 is 1.84. The lowest BCUT2D eigenvalue weighted by Crippen LogP contribution is -2.14. The van der Waals surface area contributed by atoms with E-state index < -0.39 is 4.92 Å². The Balaban J connectivity index is 2.14. The summed E-state index contributed by atoms with van der Waals surface area (Å²) in [4.78, 5) is 9.83. The maximum Gasteiger partial charge on any atom is 0.433 e. The summed E-state index contributed by atoms with van der Waals surface area (Å²) in [7, 11) is 0. The second kappa shape index (κ2) is 7.29. The minimum absolute atomic E-state index is 0.195. The monoisotopic (exact) mass is 244 g/mol. The first kappa shape index (κ1) is 13.1. The van der Waals surface area contributed by atoms with Crippen molar-refractivity contribution in [1.29, 1.82) is 0 Å². The average molecular weight is 244 g/mol. The van der Waals surface area contributed by atoms with Crippen LogP contribution in [0.15, 0.2) is 16.5 Å². The van der Waals surface area contributed by atoms with E-state index in [-0.39, 0.29) is 5.88 Å². The van der Waals surface area contributed by atoms with E-state index in [1.54, 1.807) is 6.07 Å². The third-order valence-corrected chi connectivity index (χ3v) is 2.78. The molecule has 0 aliphatic rings. The molecule has 6 heteroatoms. The van der Waals surface area contributed by atoms with Crippen LogP contribution in [0.25, 0.3) is 0 Å². The first-order chi connectivity index (χ1) is 7.74. The van der Waals surface area contributed by atoms with Crippen molar-refractivity contribution >= 4 is 17.6 Å². The first-order valence-electron chi connectivity index (χ1n) is 5.17. The fourth-order valence-corrected chi connectivity index (χ4v) is 1.76. The van der Waals surface area contributed by atoms with Gasteiger partial charge in [0, 0.05) is 0 Å². The van der Waals surface area contributed by atoms with Crippen LogP contribution in [0.1, 0.15) is 18.6 Å². The molecule has 16 heavy (non-hydrogen) atoms. The zero-order chi connectivity index (χ0) is 11.8. The van der Waals surface area contributed by atoms with Crippen molar-refractivity contribution in [3.8, 4) is 0 Å². The Morgan fingerprint density at radius 3 is 2.94 bits per heavy atom. The molecule has 0 amide bonds. The molecular weight excluding hydrogens is 228 g/mol. The Kier molecular flexibility index (Phi) is 5.95. The number of furan rings is 1. The van der Waals surface area contributed by atoms with Crippen LogP contribution >= 0.6 is 11.8 Å². The Bertz CT molecular complexity index is 328. The molecule has 0 unspecified atom stereocenters. The van der Waals surface area contributed by atoms with Crippen molar-refractivity contribution in [3.05, 3.63) is 28.0 Å². The van der Waals surface area contributed by atoms with Crippen molar-refractivity contribution in [2.75, 3.05) is 18.6 Å². The summed E-state index contributed by atoms with van der Waals surface area (Å²) < 4.78 is 5.01. The Morgan fingerprint density at radius 2 is 2.31 bits per heavy atom. The van der Waals surface area contributed by atoms with E-state index in [0.717, 1.165) is 13.0 Å². The van der Waals surface area contributed by atoms with Gasteiger partial charge in [0.2, 0.25) is 0 Å². The Labute approximate surface area is 98.7 Å². The predicted octanol–water partition coefficient (Wildman–Crippen LogP) is 2.42. The zero-order valence-electron chi connectivity index (χ0n) is 9.27. The van der Waals surface area contributed by atoms with Crippen molar-refractivity contribution < 1.29 is 9.34 Å². The summed E-state index contributed by atoms with van der Waals surface area (Å²) in [5.74, 6) is 1.59. The number of nitrogens with one attached hydrogen (secondary N) is 1. The van der Waals surface area contributed by atoms with Gasteiger partial charge in [-0.05, 0) is 37.5 Å². The molecule has 90 valence electrons. The fourth-order valence-electron chi connectivity index (χ4n) is 1.27. The molecule has 1 aromatic rings. The van der Waals surface area contributed by atoms with Crippen LogP contribution in [-0.4, -0.2) is 23.5 Å². The van der Waals surface area contributed by atoms with Crippen LogP contribution in [-0.2, 0) is 6.54 Å². The van der Waals surface area contributed by atoms with Crippen LogP contribution in [0.5, 0.6) is 0 Å². The number of nitrogens with zero attached hydrogens (tertiary/aromatic N) is 1. The number of nitro groups is 1. The van der Waals surface area contributed by atoms with Crippen LogP contribution in [0, 0.1) is 10.1 Å². The van der Waals surface area contributed by atoms with Gasteiger partial charge in [0.05, 0.1) is 12.6 Å². The molecular formula is C10H16N2O3S. The molecule has 0 saturated heterocycles. The van der Waals surface area contributed by atoms with E-state index in [2.05, 4.69) is 11.6 Å². The smallest absolute Gasteiger partial charge is 0.404 e. The molecule has 0 bridgehead atoms.